The molecule has 8 atom stereocenters. The molecule has 0 saturated carbocycles. The molecule has 0 aromatic rings. The molecule has 0 amide bonds. The van der Waals surface area contributed by atoms with Crippen molar-refractivity contribution in [2.75, 3.05) is 39.6 Å². The number of rotatable bonds is 77. The van der Waals surface area contributed by atoms with Gasteiger partial charge in [-0.1, -0.05) is 357 Å². The Morgan fingerprint density at radius 2 is 0.485 bits per heavy atom. The summed E-state index contributed by atoms with van der Waals surface area (Å²) in [7, 11) is -9.92. The Hall–Kier alpha value is -1.94. The zero-order valence-corrected chi connectivity index (χ0v) is 66.9. The Labute approximate surface area is 607 Å². The van der Waals surface area contributed by atoms with Gasteiger partial charge in [-0.2, -0.15) is 0 Å². The maximum Gasteiger partial charge on any atom is 0.472 e. The van der Waals surface area contributed by atoms with E-state index in [4.69, 9.17) is 37.0 Å². The van der Waals surface area contributed by atoms with Crippen LogP contribution in [0.2, 0.25) is 0 Å². The molecule has 0 aromatic heterocycles. The maximum atomic E-state index is 13.1. The zero-order valence-electron chi connectivity index (χ0n) is 65.1. The molecule has 588 valence electrons. The van der Waals surface area contributed by atoms with E-state index in [2.05, 4.69) is 55.4 Å². The summed E-state index contributed by atoms with van der Waals surface area (Å²) in [6.07, 6.45) is 55.5. The number of ether oxygens (including phenoxy) is 4. The smallest absolute Gasteiger partial charge is 0.462 e. The summed E-state index contributed by atoms with van der Waals surface area (Å²) >= 11 is 0. The minimum absolute atomic E-state index is 0.104. The van der Waals surface area contributed by atoms with Crippen LogP contribution in [0.5, 0.6) is 0 Å². The van der Waals surface area contributed by atoms with Gasteiger partial charge in [0.2, 0.25) is 0 Å². The van der Waals surface area contributed by atoms with Gasteiger partial charge in [-0.3, -0.25) is 37.3 Å². The van der Waals surface area contributed by atoms with E-state index in [1.165, 1.54) is 212 Å². The van der Waals surface area contributed by atoms with Gasteiger partial charge in [-0.15, -0.1) is 0 Å². The quantitative estimate of drug-likeness (QED) is 0.0222. The summed E-state index contributed by atoms with van der Waals surface area (Å²) < 4.78 is 68.6. The average Bonchev–Trinajstić information content (AvgIpc) is 0.980. The number of hydrogen-bond donors (Lipinski definition) is 3. The van der Waals surface area contributed by atoms with E-state index < -0.39 is 97.5 Å². The lowest BCUT2D eigenvalue weighted by Gasteiger charge is -2.21. The average molecular weight is 1450 g/mol. The van der Waals surface area contributed by atoms with Gasteiger partial charge < -0.3 is 33.8 Å². The van der Waals surface area contributed by atoms with E-state index in [9.17, 15) is 43.2 Å². The number of phosphoric ester groups is 2. The molecule has 0 bridgehead atoms. The van der Waals surface area contributed by atoms with Crippen molar-refractivity contribution in [2.24, 2.45) is 23.7 Å². The molecule has 0 saturated heterocycles. The maximum absolute atomic E-state index is 13.1. The third-order valence-electron chi connectivity index (χ3n) is 19.7. The van der Waals surface area contributed by atoms with E-state index in [1.807, 2.05) is 0 Å². The van der Waals surface area contributed by atoms with E-state index in [1.54, 1.807) is 0 Å². The molecule has 19 heteroatoms. The Bertz CT molecular complexity index is 1940. The number of carbonyl (C=O) groups excluding carboxylic acids is 4. The summed E-state index contributed by atoms with van der Waals surface area (Å²) in [4.78, 5) is 72.9. The minimum Gasteiger partial charge on any atom is -0.462 e. The van der Waals surface area contributed by atoms with Crippen LogP contribution < -0.4 is 0 Å². The van der Waals surface area contributed by atoms with Crippen molar-refractivity contribution in [3.05, 3.63) is 0 Å². The van der Waals surface area contributed by atoms with Crippen LogP contribution in [0.4, 0.5) is 0 Å². The van der Waals surface area contributed by atoms with Crippen LogP contribution in [0.3, 0.4) is 0 Å². The molecule has 17 nitrogen and oxygen atoms in total. The molecule has 0 aliphatic heterocycles. The number of esters is 4. The van der Waals surface area contributed by atoms with Crippen LogP contribution in [-0.4, -0.2) is 96.7 Å². The molecule has 0 spiro atoms. The highest BCUT2D eigenvalue weighted by Crippen LogP contribution is 2.45. The first kappa shape index (κ1) is 97.1. The van der Waals surface area contributed by atoms with E-state index >= 15 is 0 Å². The molecule has 6 unspecified atom stereocenters. The Morgan fingerprint density at radius 1 is 0.283 bits per heavy atom. The molecule has 3 N–H and O–H groups in total. The summed E-state index contributed by atoms with van der Waals surface area (Å²) in [5, 5.41) is 10.6. The number of phosphoric acid groups is 2. The normalized spacial score (nSPS) is 14.9. The van der Waals surface area contributed by atoms with Gasteiger partial charge in [0.1, 0.15) is 19.3 Å². The largest absolute Gasteiger partial charge is 0.472 e. The second-order valence-electron chi connectivity index (χ2n) is 30.0. The van der Waals surface area contributed by atoms with Gasteiger partial charge in [0.05, 0.1) is 26.4 Å². The van der Waals surface area contributed by atoms with Crippen LogP contribution in [0.15, 0.2) is 0 Å². The molecular formula is C80H156O17P2. The van der Waals surface area contributed by atoms with Gasteiger partial charge in [-0.05, 0) is 49.4 Å². The topological polar surface area (TPSA) is 237 Å². The van der Waals surface area contributed by atoms with E-state index in [-0.39, 0.29) is 25.7 Å². The molecule has 0 aliphatic rings. The van der Waals surface area contributed by atoms with E-state index in [0.717, 1.165) is 114 Å². The number of carbonyl (C=O) groups is 4. The van der Waals surface area contributed by atoms with Crippen molar-refractivity contribution < 1.29 is 80.2 Å². The van der Waals surface area contributed by atoms with Crippen LogP contribution in [0.1, 0.15) is 409 Å². The molecule has 0 radical (unpaired) electrons. The van der Waals surface area contributed by atoms with Crippen molar-refractivity contribution in [1.29, 1.82) is 0 Å². The Balaban J connectivity index is 5.20. The first-order chi connectivity index (χ1) is 47.7. The predicted octanol–water partition coefficient (Wildman–Crippen LogP) is 23.6. The Morgan fingerprint density at radius 3 is 0.717 bits per heavy atom. The third-order valence-corrected chi connectivity index (χ3v) is 21.6. The van der Waals surface area contributed by atoms with Crippen molar-refractivity contribution >= 4 is 39.5 Å². The van der Waals surface area contributed by atoms with Gasteiger partial charge in [-0.25, -0.2) is 9.13 Å². The fourth-order valence-corrected chi connectivity index (χ4v) is 13.7. The standard InChI is InChI=1S/C80H156O17P2/c1-9-71(6)57-49-41-33-24-20-18-16-14-12-13-15-17-19-21-26-36-44-52-60-77(82)90-66-75(96-79(84)62-54-46-38-27-23-22-25-34-42-50-58-72(7)10-2)68-94-98(86,87)92-64-74(81)65-93-99(88,89)95-69-76(67-91-78(83)61-53-45-37-30-28-32-40-48-56-70(4)5)97-80(85)63-55-47-39-31-29-35-43-51-59-73(8)11-3/h70-76,81H,9-69H2,1-8H3,(H,86,87)(H,88,89)/t71?,72?,73?,74?,75-,76-/m1/s1. The highest BCUT2D eigenvalue weighted by molar-refractivity contribution is 7.47. The molecule has 0 fully saturated rings. The third kappa shape index (κ3) is 70.2. The second kappa shape index (κ2) is 69.1. The minimum atomic E-state index is -4.96. The van der Waals surface area contributed by atoms with Crippen molar-refractivity contribution in [2.45, 2.75) is 427 Å². The fraction of sp³-hybridized carbons (Fsp3) is 0.950. The molecule has 0 aromatic carbocycles. The van der Waals surface area contributed by atoms with Crippen molar-refractivity contribution in [1.82, 2.24) is 0 Å². The second-order valence-corrected chi connectivity index (χ2v) is 32.9. The monoisotopic (exact) mass is 1450 g/mol. The number of aliphatic hydroxyl groups excluding tert-OH is 1. The Kier molecular flexibility index (Phi) is 67.8. The lowest BCUT2D eigenvalue weighted by atomic mass is 9.99. The van der Waals surface area contributed by atoms with Crippen LogP contribution in [0.25, 0.3) is 0 Å². The van der Waals surface area contributed by atoms with Gasteiger partial charge in [0, 0.05) is 25.7 Å². The number of aliphatic hydroxyl groups is 1. The van der Waals surface area contributed by atoms with Crippen molar-refractivity contribution in [3.8, 4) is 0 Å². The van der Waals surface area contributed by atoms with Crippen LogP contribution in [0, 0.1) is 23.7 Å². The molecule has 0 rings (SSSR count). The van der Waals surface area contributed by atoms with Crippen LogP contribution >= 0.6 is 15.6 Å². The lowest BCUT2D eigenvalue weighted by molar-refractivity contribution is -0.161. The highest BCUT2D eigenvalue weighted by Gasteiger charge is 2.30. The molecule has 0 heterocycles. The number of hydrogen-bond acceptors (Lipinski definition) is 15. The van der Waals surface area contributed by atoms with Crippen molar-refractivity contribution in [3.63, 3.8) is 0 Å². The predicted molar refractivity (Wildman–Crippen MR) is 404 cm³/mol. The van der Waals surface area contributed by atoms with Gasteiger partial charge in [0.15, 0.2) is 12.2 Å². The van der Waals surface area contributed by atoms with E-state index in [0.29, 0.717) is 25.7 Å². The SMILES string of the molecule is CCC(C)CCCCCCCCCCCCCCCCCCCCC(=O)OC[C@H](COP(=O)(O)OCC(O)COP(=O)(O)OC[C@@H](COC(=O)CCCCCCCCCCC(C)C)OC(=O)CCCCCCCCCCC(C)CC)OC(=O)CCCCCCCCCCCCC(C)CC. The van der Waals surface area contributed by atoms with Crippen LogP contribution in [-0.2, 0) is 65.4 Å². The lowest BCUT2D eigenvalue weighted by Crippen LogP contribution is -2.30. The first-order valence-electron chi connectivity index (χ1n) is 41.3. The van der Waals surface area contributed by atoms with Gasteiger partial charge >= 0.3 is 39.5 Å². The summed E-state index contributed by atoms with van der Waals surface area (Å²) in [5.41, 5.74) is 0. The molecule has 99 heavy (non-hydrogen) atoms. The fourth-order valence-electron chi connectivity index (χ4n) is 12.2. The molecular weight excluding hydrogens is 1290 g/mol. The summed E-state index contributed by atoms with van der Waals surface area (Å²) in [5.74, 6) is 1.05. The summed E-state index contributed by atoms with van der Waals surface area (Å²) in [6.45, 7) is 14.3. The highest BCUT2D eigenvalue weighted by atomic mass is 31.2. The zero-order chi connectivity index (χ0) is 73.1. The summed E-state index contributed by atoms with van der Waals surface area (Å²) in [6, 6.07) is 0. The first-order valence-corrected chi connectivity index (χ1v) is 44.3. The molecule has 0 aliphatic carbocycles. The number of unbranched alkanes of at least 4 members (excludes halogenated alkanes) is 40. The van der Waals surface area contributed by atoms with Gasteiger partial charge in [0.25, 0.3) is 0 Å².